The lowest BCUT2D eigenvalue weighted by atomic mass is 9.93. The van der Waals surface area contributed by atoms with Crippen molar-refractivity contribution in [2.24, 2.45) is 5.73 Å². The fraction of sp³-hybridized carbons (Fsp3) is 0.200. The third-order valence-electron chi connectivity index (χ3n) is 3.50. The fourth-order valence-electron chi connectivity index (χ4n) is 2.45. The van der Waals surface area contributed by atoms with Gasteiger partial charge in [-0.15, -0.1) is 0 Å². The van der Waals surface area contributed by atoms with E-state index in [4.69, 9.17) is 10.5 Å². The molecule has 0 saturated carbocycles. The van der Waals surface area contributed by atoms with Crippen molar-refractivity contribution >= 4 is 15.9 Å². The summed E-state index contributed by atoms with van der Waals surface area (Å²) < 4.78 is 46.7. The van der Waals surface area contributed by atoms with Crippen molar-refractivity contribution in [2.45, 2.75) is 18.6 Å². The summed E-state index contributed by atoms with van der Waals surface area (Å²) >= 11 is 3.32. The molecule has 0 amide bonds. The molecule has 0 radical (unpaired) electrons. The van der Waals surface area contributed by atoms with Crippen LogP contribution in [0.3, 0.4) is 0 Å². The molecule has 0 saturated heterocycles. The molecule has 2 N–H and O–H groups in total. The summed E-state index contributed by atoms with van der Waals surface area (Å²) in [5.41, 5.74) is 6.83. The van der Waals surface area contributed by atoms with Gasteiger partial charge < -0.3 is 10.5 Å². The average molecular weight is 358 g/mol. The number of hydrogen-bond donors (Lipinski definition) is 1. The number of hydrogen-bond acceptors (Lipinski definition) is 2. The van der Waals surface area contributed by atoms with Gasteiger partial charge in [0.1, 0.15) is 17.7 Å². The molecule has 2 atom stereocenters. The van der Waals surface area contributed by atoms with Gasteiger partial charge in [0, 0.05) is 34.1 Å². The van der Waals surface area contributed by atoms with Gasteiger partial charge in [-0.3, -0.25) is 0 Å². The van der Waals surface area contributed by atoms with Gasteiger partial charge >= 0.3 is 0 Å². The first-order valence-electron chi connectivity index (χ1n) is 6.32. The van der Waals surface area contributed by atoms with Gasteiger partial charge in [-0.1, -0.05) is 22.0 Å². The molecule has 2 aromatic carbocycles. The molecule has 110 valence electrons. The molecule has 0 bridgehead atoms. The SMILES string of the molecule is N[C@H]1CC(c2cc(F)c(F)cc2F)Oc2cc(Br)ccc21. The van der Waals surface area contributed by atoms with E-state index in [-0.39, 0.29) is 18.0 Å². The number of benzene rings is 2. The molecule has 2 nitrogen and oxygen atoms in total. The molecule has 1 unspecified atom stereocenters. The van der Waals surface area contributed by atoms with Crippen LogP contribution < -0.4 is 10.5 Å². The summed E-state index contributed by atoms with van der Waals surface area (Å²) in [5, 5.41) is 0. The second kappa shape index (κ2) is 5.35. The lowest BCUT2D eigenvalue weighted by Gasteiger charge is -2.31. The third kappa shape index (κ3) is 2.65. The Morgan fingerprint density at radius 2 is 1.71 bits per heavy atom. The van der Waals surface area contributed by atoms with Crippen LogP contribution in [0.15, 0.2) is 34.8 Å². The largest absolute Gasteiger partial charge is 0.485 e. The van der Waals surface area contributed by atoms with E-state index < -0.39 is 23.6 Å². The maximum absolute atomic E-state index is 13.9. The Kier molecular flexibility index (Phi) is 3.67. The quantitative estimate of drug-likeness (QED) is 0.768. The van der Waals surface area contributed by atoms with E-state index in [0.29, 0.717) is 11.8 Å². The van der Waals surface area contributed by atoms with Crippen LogP contribution in [0.25, 0.3) is 0 Å². The third-order valence-corrected chi connectivity index (χ3v) is 3.99. The number of rotatable bonds is 1. The highest BCUT2D eigenvalue weighted by Crippen LogP contribution is 2.41. The maximum Gasteiger partial charge on any atom is 0.161 e. The van der Waals surface area contributed by atoms with Crippen molar-refractivity contribution in [1.29, 1.82) is 0 Å². The summed E-state index contributed by atoms with van der Waals surface area (Å²) in [6.07, 6.45) is -0.465. The van der Waals surface area contributed by atoms with Crippen molar-refractivity contribution in [2.75, 3.05) is 0 Å². The molecule has 0 fully saturated rings. The molecule has 6 heteroatoms. The number of nitrogens with two attached hydrogens (primary N) is 1. The van der Waals surface area contributed by atoms with Gasteiger partial charge in [0.25, 0.3) is 0 Å². The van der Waals surface area contributed by atoms with E-state index in [0.717, 1.165) is 16.1 Å². The van der Waals surface area contributed by atoms with Crippen LogP contribution in [0.5, 0.6) is 5.75 Å². The highest BCUT2D eigenvalue weighted by Gasteiger charge is 2.29. The molecule has 1 heterocycles. The molecule has 0 aliphatic carbocycles. The Hall–Kier alpha value is -1.53. The van der Waals surface area contributed by atoms with E-state index in [2.05, 4.69) is 15.9 Å². The van der Waals surface area contributed by atoms with Crippen LogP contribution in [0.2, 0.25) is 0 Å². The Morgan fingerprint density at radius 1 is 1.00 bits per heavy atom. The van der Waals surface area contributed by atoms with Crippen molar-refractivity contribution < 1.29 is 17.9 Å². The Balaban J connectivity index is 2.01. The second-order valence-electron chi connectivity index (χ2n) is 4.92. The highest BCUT2D eigenvalue weighted by molar-refractivity contribution is 9.10. The lowest BCUT2D eigenvalue weighted by molar-refractivity contribution is 0.156. The van der Waals surface area contributed by atoms with Gasteiger partial charge in [0.15, 0.2) is 11.6 Å². The zero-order valence-electron chi connectivity index (χ0n) is 10.7. The Bertz CT molecular complexity index is 708. The van der Waals surface area contributed by atoms with Crippen molar-refractivity contribution in [3.05, 3.63) is 63.4 Å². The van der Waals surface area contributed by atoms with Gasteiger partial charge in [-0.25, -0.2) is 13.2 Å². The molecule has 0 aromatic heterocycles. The molecule has 1 aliphatic heterocycles. The van der Waals surface area contributed by atoms with Crippen LogP contribution >= 0.6 is 15.9 Å². The first-order valence-corrected chi connectivity index (χ1v) is 7.11. The van der Waals surface area contributed by atoms with Gasteiger partial charge in [0.2, 0.25) is 0 Å². The van der Waals surface area contributed by atoms with Gasteiger partial charge in [-0.05, 0) is 18.2 Å². The Labute approximate surface area is 127 Å². The van der Waals surface area contributed by atoms with Crippen molar-refractivity contribution in [1.82, 2.24) is 0 Å². The van der Waals surface area contributed by atoms with Crippen LogP contribution in [-0.2, 0) is 0 Å². The van der Waals surface area contributed by atoms with Crippen LogP contribution in [0.1, 0.15) is 29.7 Å². The predicted molar refractivity (Wildman–Crippen MR) is 75.4 cm³/mol. The number of halogens is 4. The molecule has 1 aliphatic rings. The first kappa shape index (κ1) is 14.4. The Morgan fingerprint density at radius 3 is 2.48 bits per heavy atom. The van der Waals surface area contributed by atoms with E-state index >= 15 is 0 Å². The van der Waals surface area contributed by atoms with Gasteiger partial charge in [-0.2, -0.15) is 0 Å². The van der Waals surface area contributed by atoms with Crippen LogP contribution in [0, 0.1) is 17.5 Å². The predicted octanol–water partition coefficient (Wildman–Crippen LogP) is 4.39. The first-order chi connectivity index (χ1) is 9.95. The summed E-state index contributed by atoms with van der Waals surface area (Å²) in [7, 11) is 0. The topological polar surface area (TPSA) is 35.2 Å². The van der Waals surface area contributed by atoms with Crippen molar-refractivity contribution in [3.8, 4) is 5.75 Å². The van der Waals surface area contributed by atoms with E-state index in [1.807, 2.05) is 12.1 Å². The smallest absolute Gasteiger partial charge is 0.161 e. The van der Waals surface area contributed by atoms with Crippen LogP contribution in [-0.4, -0.2) is 0 Å². The van der Waals surface area contributed by atoms with E-state index in [9.17, 15) is 13.2 Å². The monoisotopic (exact) mass is 357 g/mol. The zero-order chi connectivity index (χ0) is 15.1. The number of fused-ring (bicyclic) bond motifs is 1. The second-order valence-corrected chi connectivity index (χ2v) is 5.83. The lowest BCUT2D eigenvalue weighted by Crippen LogP contribution is -2.25. The normalized spacial score (nSPS) is 20.8. The number of ether oxygens (including phenoxy) is 1. The molecular weight excluding hydrogens is 347 g/mol. The summed E-state index contributed by atoms with van der Waals surface area (Å²) in [4.78, 5) is 0. The summed E-state index contributed by atoms with van der Waals surface area (Å²) in [6, 6.07) is 6.36. The standard InChI is InChI=1S/C15H11BrF3NO/c16-7-1-2-8-13(20)6-15(21-14(8)3-7)9-4-11(18)12(19)5-10(9)17/h1-5,13,15H,6,20H2/t13-,15?/m0/s1. The summed E-state index contributed by atoms with van der Waals surface area (Å²) in [6.45, 7) is 0. The maximum atomic E-state index is 13.9. The minimum absolute atomic E-state index is 0.0324. The average Bonchev–Trinajstić information content (AvgIpc) is 2.42. The van der Waals surface area contributed by atoms with E-state index in [1.165, 1.54) is 0 Å². The minimum Gasteiger partial charge on any atom is -0.485 e. The molecule has 3 rings (SSSR count). The highest BCUT2D eigenvalue weighted by atomic mass is 79.9. The minimum atomic E-state index is -1.22. The molecule has 0 spiro atoms. The molecule has 2 aromatic rings. The van der Waals surface area contributed by atoms with E-state index in [1.54, 1.807) is 6.07 Å². The zero-order valence-corrected chi connectivity index (χ0v) is 12.3. The fourth-order valence-corrected chi connectivity index (χ4v) is 2.79. The van der Waals surface area contributed by atoms with Gasteiger partial charge in [0.05, 0.1) is 0 Å². The van der Waals surface area contributed by atoms with Crippen molar-refractivity contribution in [3.63, 3.8) is 0 Å². The van der Waals surface area contributed by atoms with Crippen LogP contribution in [0.4, 0.5) is 13.2 Å². The molecule has 21 heavy (non-hydrogen) atoms. The summed E-state index contributed by atoms with van der Waals surface area (Å²) in [5.74, 6) is -2.66. The molecular formula is C15H11BrF3NO.